The molecule has 2 aliphatic heterocycles. The molecule has 1 saturated heterocycles. The van der Waals surface area contributed by atoms with E-state index in [0.717, 1.165) is 36.4 Å². The summed E-state index contributed by atoms with van der Waals surface area (Å²) in [7, 11) is 0. The molecule has 2 aliphatic rings. The van der Waals surface area contributed by atoms with Gasteiger partial charge in [0.25, 0.3) is 5.56 Å². The van der Waals surface area contributed by atoms with Gasteiger partial charge in [0, 0.05) is 48.3 Å². The van der Waals surface area contributed by atoms with E-state index in [1.165, 1.54) is 5.39 Å². The highest BCUT2D eigenvalue weighted by molar-refractivity contribution is 5.92. The molecule has 3 aromatic rings. The molecule has 0 amide bonds. The van der Waals surface area contributed by atoms with E-state index in [1.54, 1.807) is 6.07 Å². The first-order valence-corrected chi connectivity index (χ1v) is 9.17. The lowest BCUT2D eigenvalue weighted by Gasteiger charge is -2.47. The van der Waals surface area contributed by atoms with Crippen LogP contribution in [0.3, 0.4) is 0 Å². The van der Waals surface area contributed by atoms with Crippen LogP contribution >= 0.6 is 0 Å². The minimum atomic E-state index is -0.160. The van der Waals surface area contributed by atoms with E-state index in [1.807, 2.05) is 41.1 Å². The summed E-state index contributed by atoms with van der Waals surface area (Å²) in [6.07, 6.45) is 2.87. The summed E-state index contributed by atoms with van der Waals surface area (Å²) >= 11 is 0. The SMILES string of the molecule is O=c1cccc2n1[C@@H](CO)[C@H]1C[C@@H]2CN(c2nccc3ccccc23)C1. The fourth-order valence-corrected chi connectivity index (χ4v) is 4.81. The lowest BCUT2D eigenvalue weighted by molar-refractivity contribution is 0.132. The molecule has 5 rings (SSSR count). The standard InChI is InChI=1S/C21H21N3O2/c25-13-19-16-10-15(18-6-3-7-20(26)24(18)19)11-23(12-16)21-17-5-2-1-4-14(17)8-9-22-21/h1-9,15-16,19,25H,10-13H2/t15-,16+,19+/m1/s1. The van der Waals surface area contributed by atoms with Crippen LogP contribution in [0.1, 0.15) is 24.1 Å². The number of hydrogen-bond acceptors (Lipinski definition) is 4. The maximum atomic E-state index is 12.4. The lowest BCUT2D eigenvalue weighted by atomic mass is 9.78. The summed E-state index contributed by atoms with van der Waals surface area (Å²) in [5.74, 6) is 1.53. The Bertz CT molecular complexity index is 1020. The molecule has 1 fully saturated rings. The smallest absolute Gasteiger partial charge is 0.251 e. The fourth-order valence-electron chi connectivity index (χ4n) is 4.81. The molecule has 1 aromatic carbocycles. The van der Waals surface area contributed by atoms with E-state index in [4.69, 9.17) is 0 Å². The second-order valence-electron chi connectivity index (χ2n) is 7.36. The van der Waals surface area contributed by atoms with Gasteiger partial charge in [-0.05, 0) is 23.9 Å². The van der Waals surface area contributed by atoms with Crippen LogP contribution in [0.5, 0.6) is 0 Å². The Morgan fingerprint density at radius 3 is 2.85 bits per heavy atom. The largest absolute Gasteiger partial charge is 0.394 e. The molecule has 5 nitrogen and oxygen atoms in total. The number of nitrogens with zero attached hydrogens (tertiary/aromatic N) is 3. The van der Waals surface area contributed by atoms with Gasteiger partial charge in [0.2, 0.25) is 0 Å². The van der Waals surface area contributed by atoms with Crippen LogP contribution in [0.4, 0.5) is 5.82 Å². The molecule has 0 saturated carbocycles. The van der Waals surface area contributed by atoms with Crippen molar-refractivity contribution in [2.75, 3.05) is 24.6 Å². The second-order valence-corrected chi connectivity index (χ2v) is 7.36. The molecule has 26 heavy (non-hydrogen) atoms. The van der Waals surface area contributed by atoms with Crippen LogP contribution in [-0.2, 0) is 0 Å². The highest BCUT2D eigenvalue weighted by atomic mass is 16.3. The Morgan fingerprint density at radius 1 is 1.08 bits per heavy atom. The van der Waals surface area contributed by atoms with Crippen molar-refractivity contribution in [2.24, 2.45) is 5.92 Å². The zero-order valence-electron chi connectivity index (χ0n) is 14.5. The van der Waals surface area contributed by atoms with E-state index in [-0.39, 0.29) is 30.0 Å². The Kier molecular flexibility index (Phi) is 3.57. The third-order valence-corrected chi connectivity index (χ3v) is 5.94. The van der Waals surface area contributed by atoms with Gasteiger partial charge >= 0.3 is 0 Å². The van der Waals surface area contributed by atoms with Crippen LogP contribution in [0.2, 0.25) is 0 Å². The van der Waals surface area contributed by atoms with Crippen molar-refractivity contribution in [2.45, 2.75) is 18.4 Å². The van der Waals surface area contributed by atoms with E-state index in [2.05, 4.69) is 22.0 Å². The van der Waals surface area contributed by atoms with Crippen LogP contribution in [0.25, 0.3) is 10.8 Å². The van der Waals surface area contributed by atoms with Crippen LogP contribution in [0.15, 0.2) is 59.5 Å². The molecule has 132 valence electrons. The van der Waals surface area contributed by atoms with E-state index >= 15 is 0 Å². The van der Waals surface area contributed by atoms with Gasteiger partial charge in [-0.2, -0.15) is 0 Å². The number of aromatic nitrogens is 2. The zero-order chi connectivity index (χ0) is 17.7. The molecule has 4 heterocycles. The molecule has 0 aliphatic carbocycles. The Hall–Kier alpha value is -2.66. The van der Waals surface area contributed by atoms with Gasteiger partial charge in [-0.25, -0.2) is 4.98 Å². The monoisotopic (exact) mass is 347 g/mol. The van der Waals surface area contributed by atoms with Crippen molar-refractivity contribution in [3.8, 4) is 0 Å². The first-order valence-electron chi connectivity index (χ1n) is 9.17. The maximum Gasteiger partial charge on any atom is 0.251 e. The number of aliphatic hydroxyl groups excluding tert-OH is 1. The van der Waals surface area contributed by atoms with E-state index < -0.39 is 0 Å². The Morgan fingerprint density at radius 2 is 1.96 bits per heavy atom. The van der Waals surface area contributed by atoms with E-state index in [9.17, 15) is 9.90 Å². The topological polar surface area (TPSA) is 58.4 Å². The lowest BCUT2D eigenvalue weighted by Crippen LogP contribution is -2.50. The average molecular weight is 347 g/mol. The summed E-state index contributed by atoms with van der Waals surface area (Å²) in [5, 5.41) is 12.3. The average Bonchev–Trinajstić information content (AvgIpc) is 2.68. The third kappa shape index (κ3) is 2.27. The number of rotatable bonds is 2. The highest BCUT2D eigenvalue weighted by Gasteiger charge is 2.40. The van der Waals surface area contributed by atoms with Crippen molar-refractivity contribution in [1.82, 2.24) is 9.55 Å². The number of hydrogen-bond donors (Lipinski definition) is 1. The van der Waals surface area contributed by atoms with Gasteiger partial charge in [-0.1, -0.05) is 30.3 Å². The van der Waals surface area contributed by atoms with Crippen molar-refractivity contribution in [3.63, 3.8) is 0 Å². The molecule has 0 radical (unpaired) electrons. The number of pyridine rings is 2. The minimum absolute atomic E-state index is 0.00649. The van der Waals surface area contributed by atoms with Crippen molar-refractivity contribution in [3.05, 3.63) is 70.8 Å². The van der Waals surface area contributed by atoms with Gasteiger partial charge in [0.1, 0.15) is 5.82 Å². The molecule has 2 aromatic heterocycles. The quantitative estimate of drug-likeness (QED) is 0.774. The van der Waals surface area contributed by atoms with Gasteiger partial charge < -0.3 is 14.6 Å². The number of anilines is 1. The normalized spacial score (nSPS) is 24.5. The fraction of sp³-hybridized carbons (Fsp3) is 0.333. The molecule has 2 bridgehead atoms. The van der Waals surface area contributed by atoms with Crippen LogP contribution < -0.4 is 10.5 Å². The first-order chi connectivity index (χ1) is 12.8. The summed E-state index contributed by atoms with van der Waals surface area (Å²) in [5.41, 5.74) is 1.03. The summed E-state index contributed by atoms with van der Waals surface area (Å²) in [6.45, 7) is 1.65. The molecular weight excluding hydrogens is 326 g/mol. The van der Waals surface area contributed by atoms with Gasteiger partial charge in [0.15, 0.2) is 0 Å². The molecule has 0 spiro atoms. The summed E-state index contributed by atoms with van der Waals surface area (Å²) in [6, 6.07) is 15.6. The van der Waals surface area contributed by atoms with Crippen LogP contribution in [0, 0.1) is 5.92 Å². The minimum Gasteiger partial charge on any atom is -0.394 e. The van der Waals surface area contributed by atoms with Crippen molar-refractivity contribution in [1.29, 1.82) is 0 Å². The molecule has 5 heteroatoms. The second kappa shape index (κ2) is 5.95. The number of benzene rings is 1. The Labute approximate surface area is 151 Å². The summed E-state index contributed by atoms with van der Waals surface area (Å²) in [4.78, 5) is 19.4. The predicted molar refractivity (Wildman–Crippen MR) is 102 cm³/mol. The van der Waals surface area contributed by atoms with Gasteiger partial charge in [0.05, 0.1) is 12.6 Å². The number of aliphatic hydroxyl groups is 1. The maximum absolute atomic E-state index is 12.4. The molecular formula is C21H21N3O2. The number of fused-ring (bicyclic) bond motifs is 5. The van der Waals surface area contributed by atoms with Crippen LogP contribution in [-0.4, -0.2) is 34.4 Å². The molecule has 3 atom stereocenters. The van der Waals surface area contributed by atoms with Crippen molar-refractivity contribution < 1.29 is 5.11 Å². The third-order valence-electron chi connectivity index (χ3n) is 5.94. The first kappa shape index (κ1) is 15.6. The predicted octanol–water partition coefficient (Wildman–Crippen LogP) is 2.55. The summed E-state index contributed by atoms with van der Waals surface area (Å²) < 4.78 is 1.83. The van der Waals surface area contributed by atoms with Gasteiger partial charge in [-0.3, -0.25) is 4.79 Å². The Balaban J connectivity index is 1.61. The van der Waals surface area contributed by atoms with Gasteiger partial charge in [-0.15, -0.1) is 0 Å². The molecule has 0 unspecified atom stereocenters. The zero-order valence-corrected chi connectivity index (χ0v) is 14.5. The van der Waals surface area contributed by atoms with E-state index in [0.29, 0.717) is 0 Å². The van der Waals surface area contributed by atoms with Crippen molar-refractivity contribution >= 4 is 16.6 Å². The number of piperidine rings is 1. The highest BCUT2D eigenvalue weighted by Crippen LogP contribution is 2.42. The molecule has 1 N–H and O–H groups in total.